The molecule has 0 spiro atoms. The molecule has 0 aromatic carbocycles. The van der Waals surface area contributed by atoms with Crippen LogP contribution in [0.4, 0.5) is 5.82 Å². The number of rotatable bonds is 5. The highest BCUT2D eigenvalue weighted by molar-refractivity contribution is 5.93. The Morgan fingerprint density at radius 3 is 2.64 bits per heavy atom. The number of nitrogens with zero attached hydrogens (tertiary/aromatic N) is 4. The number of pyridine rings is 1. The van der Waals surface area contributed by atoms with E-state index in [-0.39, 0.29) is 23.5 Å². The van der Waals surface area contributed by atoms with E-state index < -0.39 is 5.60 Å². The lowest BCUT2D eigenvalue weighted by Crippen LogP contribution is -2.61. The molecule has 5 aliphatic carbocycles. The second kappa shape index (κ2) is 7.68. The van der Waals surface area contributed by atoms with Gasteiger partial charge in [0.05, 0.1) is 12.1 Å². The minimum absolute atomic E-state index is 0.0830. The Bertz CT molecular complexity index is 969. The molecule has 3 atom stereocenters. The van der Waals surface area contributed by atoms with Crippen molar-refractivity contribution in [2.45, 2.75) is 75.1 Å². The number of nitrogens with one attached hydrogen (secondary N) is 1. The third-order valence-electron chi connectivity index (χ3n) is 9.09. The molecule has 6 fully saturated rings. The summed E-state index contributed by atoms with van der Waals surface area (Å²) in [7, 11) is 0. The first kappa shape index (κ1) is 21.4. The van der Waals surface area contributed by atoms with E-state index in [9.17, 15) is 9.90 Å². The zero-order chi connectivity index (χ0) is 22.8. The Labute approximate surface area is 196 Å². The molecule has 5 saturated carbocycles. The fourth-order valence-electron chi connectivity index (χ4n) is 7.53. The van der Waals surface area contributed by atoms with Crippen molar-refractivity contribution in [2.75, 3.05) is 31.1 Å². The van der Waals surface area contributed by atoms with E-state index in [4.69, 9.17) is 11.6 Å². The number of anilines is 1. The molecular weight excluding hydrogens is 414 g/mol. The van der Waals surface area contributed by atoms with Crippen LogP contribution in [0.15, 0.2) is 18.2 Å². The van der Waals surface area contributed by atoms with E-state index in [1.165, 1.54) is 0 Å². The minimum Gasteiger partial charge on any atom is -0.390 e. The number of aromatic nitrogens is 1. The fraction of sp³-hybridized carbons (Fsp3) is 0.731. The minimum atomic E-state index is -0.484. The lowest BCUT2D eigenvalue weighted by Gasteiger charge is -2.58. The number of amides is 1. The van der Waals surface area contributed by atoms with Crippen LogP contribution in [-0.4, -0.2) is 70.3 Å². The number of aliphatic hydroxyl groups is 1. The Morgan fingerprint density at radius 2 is 2.00 bits per heavy atom. The van der Waals surface area contributed by atoms with Gasteiger partial charge >= 0.3 is 0 Å². The van der Waals surface area contributed by atoms with Crippen molar-refractivity contribution in [2.24, 2.45) is 17.8 Å². The molecule has 176 valence electrons. The summed E-state index contributed by atoms with van der Waals surface area (Å²) >= 11 is 0. The smallest absolute Gasteiger partial charge is 0.270 e. The molecule has 1 aliphatic heterocycles. The van der Waals surface area contributed by atoms with E-state index in [0.717, 1.165) is 76.9 Å². The van der Waals surface area contributed by atoms with Crippen molar-refractivity contribution >= 4 is 11.7 Å². The standard InChI is InChI=1S/C26H35N5O2/c1-17-15-30(16-25(27-2)6-7-25)8-9-31(17)22-5-3-4-21(28-22)24(32)29-23-19-10-18-11-20(23)14-26(33,12-18)13-19/h3-5,17-20,23,33H,6-16H2,1H3,(H,29,32)/t17-,18?,19?,20?,23?,26?/m1/s1. The van der Waals surface area contributed by atoms with Crippen molar-refractivity contribution in [3.8, 4) is 0 Å². The van der Waals surface area contributed by atoms with Crippen molar-refractivity contribution in [3.05, 3.63) is 35.3 Å². The molecule has 7 heteroatoms. The Balaban J connectivity index is 1.11. The predicted molar refractivity (Wildman–Crippen MR) is 126 cm³/mol. The van der Waals surface area contributed by atoms with Crippen LogP contribution in [0.5, 0.6) is 0 Å². The van der Waals surface area contributed by atoms with Crippen LogP contribution in [0, 0.1) is 24.3 Å². The average Bonchev–Trinajstić information content (AvgIpc) is 3.55. The van der Waals surface area contributed by atoms with Gasteiger partial charge in [-0.1, -0.05) is 6.07 Å². The van der Waals surface area contributed by atoms with Crippen LogP contribution < -0.4 is 10.2 Å². The van der Waals surface area contributed by atoms with Gasteiger partial charge in [-0.2, -0.15) is 0 Å². The Morgan fingerprint density at radius 1 is 1.24 bits per heavy atom. The van der Waals surface area contributed by atoms with E-state index >= 15 is 0 Å². The molecule has 6 aliphatic rings. The zero-order valence-electron chi connectivity index (χ0n) is 19.5. The molecule has 7 rings (SSSR count). The number of carbonyl (C=O) groups excluding carboxylic acids is 1. The van der Waals surface area contributed by atoms with Gasteiger partial charge in [0.15, 0.2) is 0 Å². The van der Waals surface area contributed by atoms with Crippen LogP contribution in [0.2, 0.25) is 0 Å². The first-order valence-corrected chi connectivity index (χ1v) is 12.7. The molecule has 2 N–H and O–H groups in total. The Hall–Kier alpha value is -2.17. The maximum Gasteiger partial charge on any atom is 0.270 e. The molecular formula is C26H35N5O2. The maximum atomic E-state index is 13.2. The van der Waals surface area contributed by atoms with Gasteiger partial charge in [0.25, 0.3) is 5.91 Å². The maximum absolute atomic E-state index is 13.2. The predicted octanol–water partition coefficient (Wildman–Crippen LogP) is 2.71. The summed E-state index contributed by atoms with van der Waals surface area (Å²) in [6, 6.07) is 6.21. The van der Waals surface area contributed by atoms with Gasteiger partial charge in [-0.25, -0.2) is 11.6 Å². The summed E-state index contributed by atoms with van der Waals surface area (Å²) in [6.07, 6.45) is 6.94. The molecule has 2 heterocycles. The third-order valence-corrected chi connectivity index (χ3v) is 9.09. The summed E-state index contributed by atoms with van der Waals surface area (Å²) in [4.78, 5) is 26.5. The summed E-state index contributed by atoms with van der Waals surface area (Å²) in [5.74, 6) is 2.20. The molecule has 1 saturated heterocycles. The van der Waals surface area contributed by atoms with Crippen LogP contribution >= 0.6 is 0 Å². The zero-order valence-corrected chi connectivity index (χ0v) is 19.5. The first-order chi connectivity index (χ1) is 15.9. The van der Waals surface area contributed by atoms with E-state index in [2.05, 4.69) is 26.9 Å². The second-order valence-electron chi connectivity index (χ2n) is 11.7. The van der Waals surface area contributed by atoms with E-state index in [1.807, 2.05) is 18.2 Å². The monoisotopic (exact) mass is 449 g/mol. The summed E-state index contributed by atoms with van der Waals surface area (Å²) in [6.45, 7) is 13.3. The van der Waals surface area contributed by atoms with Gasteiger partial charge in [0.1, 0.15) is 11.5 Å². The molecule has 2 unspecified atom stereocenters. The summed E-state index contributed by atoms with van der Waals surface area (Å²) in [5, 5.41) is 14.1. The lowest BCUT2D eigenvalue weighted by atomic mass is 9.52. The summed E-state index contributed by atoms with van der Waals surface area (Å²) in [5.41, 5.74) is -0.118. The number of piperazine rings is 1. The van der Waals surface area contributed by atoms with Gasteiger partial charge in [-0.15, -0.1) is 0 Å². The normalized spacial score (nSPS) is 38.7. The van der Waals surface area contributed by atoms with Crippen LogP contribution in [0.25, 0.3) is 4.85 Å². The number of carbonyl (C=O) groups is 1. The van der Waals surface area contributed by atoms with Gasteiger partial charge in [-0.3, -0.25) is 9.69 Å². The highest BCUT2D eigenvalue weighted by Gasteiger charge is 2.55. The molecule has 0 radical (unpaired) electrons. The quantitative estimate of drug-likeness (QED) is 0.677. The molecule has 4 bridgehead atoms. The average molecular weight is 450 g/mol. The van der Waals surface area contributed by atoms with Crippen LogP contribution in [0.1, 0.15) is 62.4 Å². The van der Waals surface area contributed by atoms with Gasteiger partial charge in [0.2, 0.25) is 5.54 Å². The van der Waals surface area contributed by atoms with Gasteiger partial charge < -0.3 is 20.2 Å². The molecule has 33 heavy (non-hydrogen) atoms. The number of hydrogen-bond donors (Lipinski definition) is 2. The lowest BCUT2D eigenvalue weighted by molar-refractivity contribution is -0.136. The molecule has 7 nitrogen and oxygen atoms in total. The van der Waals surface area contributed by atoms with Crippen molar-refractivity contribution in [1.82, 2.24) is 15.2 Å². The van der Waals surface area contributed by atoms with E-state index in [1.54, 1.807) is 0 Å². The molecule has 1 aromatic heterocycles. The fourth-order valence-corrected chi connectivity index (χ4v) is 7.53. The highest BCUT2D eigenvalue weighted by atomic mass is 16.3. The molecule has 1 amide bonds. The largest absolute Gasteiger partial charge is 0.390 e. The van der Waals surface area contributed by atoms with Crippen molar-refractivity contribution < 1.29 is 9.90 Å². The highest BCUT2D eigenvalue weighted by Crippen LogP contribution is 2.55. The SMILES string of the molecule is [C-]#[N+]C1(CN2CCN(c3cccc(C(=O)NC4C5CC6CC4CC(O)(C6)C5)n3)[C@H](C)C2)CC1. The van der Waals surface area contributed by atoms with Gasteiger partial charge in [-0.05, 0) is 68.9 Å². The van der Waals surface area contributed by atoms with Crippen molar-refractivity contribution in [3.63, 3.8) is 0 Å². The summed E-state index contributed by atoms with van der Waals surface area (Å²) < 4.78 is 0. The van der Waals surface area contributed by atoms with E-state index in [0.29, 0.717) is 23.4 Å². The molecule has 1 aromatic rings. The van der Waals surface area contributed by atoms with Crippen LogP contribution in [0.3, 0.4) is 0 Å². The Kier molecular flexibility index (Phi) is 4.97. The van der Waals surface area contributed by atoms with Crippen molar-refractivity contribution in [1.29, 1.82) is 0 Å². The third kappa shape index (κ3) is 3.91. The second-order valence-corrected chi connectivity index (χ2v) is 11.7. The topological polar surface area (TPSA) is 73.1 Å². The number of hydrogen-bond acceptors (Lipinski definition) is 5. The van der Waals surface area contributed by atoms with Gasteiger partial charge in [0, 0.05) is 44.6 Å². The first-order valence-electron chi connectivity index (χ1n) is 12.7. The van der Waals surface area contributed by atoms with Crippen LogP contribution in [-0.2, 0) is 0 Å².